The Balaban J connectivity index is 1.75. The van der Waals surface area contributed by atoms with Crippen LogP contribution in [0.5, 0.6) is 0 Å². The van der Waals surface area contributed by atoms with Gasteiger partial charge in [0.25, 0.3) is 0 Å². The summed E-state index contributed by atoms with van der Waals surface area (Å²) in [6.45, 7) is -0.223. The maximum atomic E-state index is 12.5. The van der Waals surface area contributed by atoms with Gasteiger partial charge in [-0.25, -0.2) is 0 Å². The average Bonchev–Trinajstić information content (AvgIpc) is 3.27. The van der Waals surface area contributed by atoms with Gasteiger partial charge in [0, 0.05) is 6.42 Å². The number of hydrogen-bond donors (Lipinski definition) is 7. The van der Waals surface area contributed by atoms with E-state index < -0.39 is 80.6 Å². The molecule has 252 valence electrons. The van der Waals surface area contributed by atoms with E-state index >= 15 is 0 Å². The maximum Gasteiger partial charge on any atom is 0.306 e. The highest BCUT2D eigenvalue weighted by molar-refractivity contribution is 5.69. The fourth-order valence-electron chi connectivity index (χ4n) is 4.89. The van der Waals surface area contributed by atoms with Crippen molar-refractivity contribution in [3.8, 4) is 0 Å². The predicted octanol–water partition coefficient (Wildman–Crippen LogP) is 1.30. The van der Waals surface area contributed by atoms with Crippen LogP contribution >= 0.6 is 0 Å². The van der Waals surface area contributed by atoms with Crippen LogP contribution in [-0.4, -0.2) is 116 Å². The molecule has 2 aliphatic heterocycles. The summed E-state index contributed by atoms with van der Waals surface area (Å²) in [6, 6.07) is 0. The molecule has 0 spiro atoms. The van der Waals surface area contributed by atoms with E-state index in [1.807, 2.05) is 12.2 Å². The van der Waals surface area contributed by atoms with Crippen molar-refractivity contribution in [1.29, 1.82) is 0 Å². The lowest BCUT2D eigenvalue weighted by atomic mass is 9.98. The molecule has 2 heterocycles. The minimum atomic E-state index is -2.29. The van der Waals surface area contributed by atoms with Crippen LogP contribution in [-0.2, 0) is 23.7 Å². The van der Waals surface area contributed by atoms with Crippen molar-refractivity contribution in [1.82, 2.24) is 0 Å². The van der Waals surface area contributed by atoms with E-state index in [0.29, 0.717) is 12.8 Å². The van der Waals surface area contributed by atoms with Gasteiger partial charge in [-0.3, -0.25) is 4.79 Å². The van der Waals surface area contributed by atoms with Gasteiger partial charge in [-0.2, -0.15) is 0 Å². The highest BCUT2D eigenvalue weighted by Gasteiger charge is 2.58. The topological polar surface area (TPSA) is 196 Å². The normalized spacial score (nSPS) is 33.0. The summed E-state index contributed by atoms with van der Waals surface area (Å²) in [5.41, 5.74) is 0. The van der Waals surface area contributed by atoms with Crippen molar-refractivity contribution >= 4 is 5.97 Å². The number of unbranched alkanes of at least 4 members (excludes halogenated alkanes) is 4. The van der Waals surface area contributed by atoms with Crippen molar-refractivity contribution in [2.45, 2.75) is 126 Å². The lowest BCUT2D eigenvalue weighted by Gasteiger charge is -2.44. The van der Waals surface area contributed by atoms with Crippen molar-refractivity contribution in [2.75, 3.05) is 19.8 Å². The molecule has 12 nitrogen and oxygen atoms in total. The van der Waals surface area contributed by atoms with Gasteiger partial charge in [0.1, 0.15) is 43.2 Å². The van der Waals surface area contributed by atoms with Crippen LogP contribution in [0.25, 0.3) is 0 Å². The van der Waals surface area contributed by atoms with E-state index in [2.05, 4.69) is 43.4 Å². The first-order valence-electron chi connectivity index (χ1n) is 15.6. The SMILES string of the molecule is CCCCC/C=C\C/C=C\C/C=C\C/C=C\CCCC(=O)O[C@@H]1[C@@H](O)[C@@H](O[C@]2(CO)O[C@H](CO)[C@@H](O)[C@@H]2O)O[C@H](CO)[C@H]1O. The number of rotatable bonds is 20. The van der Waals surface area contributed by atoms with Crippen molar-refractivity contribution in [3.63, 3.8) is 0 Å². The van der Waals surface area contributed by atoms with Crippen LogP contribution in [0.15, 0.2) is 48.6 Å². The van der Waals surface area contributed by atoms with Crippen LogP contribution in [0.1, 0.15) is 71.1 Å². The summed E-state index contributed by atoms with van der Waals surface area (Å²) < 4.78 is 21.5. The Hall–Kier alpha value is -1.97. The molecular weight excluding hydrogens is 576 g/mol. The van der Waals surface area contributed by atoms with Crippen molar-refractivity contribution < 1.29 is 59.5 Å². The van der Waals surface area contributed by atoms with Crippen LogP contribution < -0.4 is 0 Å². The smallest absolute Gasteiger partial charge is 0.306 e. The van der Waals surface area contributed by atoms with Gasteiger partial charge in [-0.1, -0.05) is 68.4 Å². The molecule has 0 radical (unpaired) electrons. The lowest BCUT2D eigenvalue weighted by molar-refractivity contribution is -0.383. The average molecular weight is 629 g/mol. The first-order chi connectivity index (χ1) is 21.2. The zero-order chi connectivity index (χ0) is 32.4. The lowest BCUT2D eigenvalue weighted by Crippen LogP contribution is -2.63. The van der Waals surface area contributed by atoms with Gasteiger partial charge >= 0.3 is 5.97 Å². The molecular formula is C32H52O12. The molecule has 0 unspecified atom stereocenters. The number of ether oxygens (including phenoxy) is 4. The third-order valence-electron chi connectivity index (χ3n) is 7.52. The molecule has 12 heteroatoms. The first kappa shape index (κ1) is 38.2. The summed E-state index contributed by atoms with van der Waals surface area (Å²) in [6.07, 6.45) is 12.6. The zero-order valence-corrected chi connectivity index (χ0v) is 25.6. The van der Waals surface area contributed by atoms with Gasteiger partial charge in [-0.15, -0.1) is 0 Å². The van der Waals surface area contributed by atoms with Gasteiger partial charge in [0.15, 0.2) is 12.4 Å². The van der Waals surface area contributed by atoms with Crippen molar-refractivity contribution in [3.05, 3.63) is 48.6 Å². The van der Waals surface area contributed by atoms with Crippen LogP contribution in [0.4, 0.5) is 0 Å². The number of hydrogen-bond acceptors (Lipinski definition) is 12. The molecule has 0 aromatic carbocycles. The largest absolute Gasteiger partial charge is 0.456 e. The van der Waals surface area contributed by atoms with Crippen LogP contribution in [0, 0.1) is 0 Å². The molecule has 2 aliphatic rings. The minimum Gasteiger partial charge on any atom is -0.456 e. The molecule has 0 aromatic rings. The Labute approximate surface area is 259 Å². The summed E-state index contributed by atoms with van der Waals surface area (Å²) >= 11 is 0. The fraction of sp³-hybridized carbons (Fsp3) is 0.719. The van der Waals surface area contributed by atoms with E-state index in [-0.39, 0.29) is 6.42 Å². The fourth-order valence-corrected chi connectivity index (χ4v) is 4.89. The molecule has 44 heavy (non-hydrogen) atoms. The number of carbonyl (C=O) groups excluding carboxylic acids is 1. The Morgan fingerprint density at radius 3 is 1.84 bits per heavy atom. The van der Waals surface area contributed by atoms with Gasteiger partial charge in [0.05, 0.1) is 13.2 Å². The first-order valence-corrected chi connectivity index (χ1v) is 15.6. The molecule has 0 saturated carbocycles. The second-order valence-corrected chi connectivity index (χ2v) is 11.0. The van der Waals surface area contributed by atoms with Gasteiger partial charge in [0.2, 0.25) is 5.79 Å². The highest BCUT2D eigenvalue weighted by atomic mass is 16.8. The molecule has 7 N–H and O–H groups in total. The zero-order valence-electron chi connectivity index (χ0n) is 25.6. The van der Waals surface area contributed by atoms with Crippen LogP contribution in [0.3, 0.4) is 0 Å². The quantitative estimate of drug-likeness (QED) is 0.0581. The van der Waals surface area contributed by atoms with E-state index in [1.54, 1.807) is 0 Å². The molecule has 9 atom stereocenters. The number of carbonyl (C=O) groups is 1. The second-order valence-electron chi connectivity index (χ2n) is 11.0. The second kappa shape index (κ2) is 20.9. The molecule has 2 fully saturated rings. The number of aliphatic hydroxyl groups excluding tert-OH is 7. The molecule has 2 rings (SSSR count). The van der Waals surface area contributed by atoms with Crippen molar-refractivity contribution in [2.24, 2.45) is 0 Å². The monoisotopic (exact) mass is 628 g/mol. The summed E-state index contributed by atoms with van der Waals surface area (Å²) in [7, 11) is 0. The number of allylic oxidation sites excluding steroid dienone is 8. The van der Waals surface area contributed by atoms with E-state index in [4.69, 9.17) is 18.9 Å². The Morgan fingerprint density at radius 1 is 0.750 bits per heavy atom. The van der Waals surface area contributed by atoms with E-state index in [9.17, 15) is 40.5 Å². The van der Waals surface area contributed by atoms with Gasteiger partial charge in [-0.05, 0) is 44.9 Å². The summed E-state index contributed by atoms with van der Waals surface area (Å²) in [5.74, 6) is -3.00. The number of aliphatic hydroxyl groups is 7. The Morgan fingerprint density at radius 2 is 1.32 bits per heavy atom. The van der Waals surface area contributed by atoms with Gasteiger partial charge < -0.3 is 54.7 Å². The third-order valence-corrected chi connectivity index (χ3v) is 7.52. The molecule has 0 bridgehead atoms. The number of esters is 1. The third kappa shape index (κ3) is 11.8. The highest BCUT2D eigenvalue weighted by Crippen LogP contribution is 2.36. The molecule has 2 saturated heterocycles. The predicted molar refractivity (Wildman–Crippen MR) is 161 cm³/mol. The minimum absolute atomic E-state index is 0.00306. The standard InChI is InChI=1S/C32H52O12/c1-2-3-4-5-6-7-8-9-10-11-12-13-14-15-16-17-18-19-25(36)42-29-26(37)23(20-33)41-31(28(29)39)44-32(22-35)30(40)27(38)24(21-34)43-32/h6-7,9-10,12-13,15-16,23-24,26-31,33-35,37-40H,2-5,8,11,14,17-22H2,1H3/b7-6-,10-9-,13-12-,16-15-/t23-,24-,26-,27-,28-,29+,30+,31-,32+/m1/s1. The van der Waals surface area contributed by atoms with E-state index in [0.717, 1.165) is 25.7 Å². The summed E-state index contributed by atoms with van der Waals surface area (Å²) in [5, 5.41) is 70.7. The molecule has 0 amide bonds. The van der Waals surface area contributed by atoms with Crippen LogP contribution in [0.2, 0.25) is 0 Å². The molecule has 0 aromatic heterocycles. The van der Waals surface area contributed by atoms with E-state index in [1.165, 1.54) is 19.3 Å². The maximum absolute atomic E-state index is 12.5. The molecule has 0 aliphatic carbocycles. The Kier molecular flexibility index (Phi) is 18.2. The Bertz CT molecular complexity index is 921. The summed E-state index contributed by atoms with van der Waals surface area (Å²) in [4.78, 5) is 12.5.